The van der Waals surface area contributed by atoms with Crippen molar-refractivity contribution in [2.24, 2.45) is 0 Å². The minimum atomic E-state index is -0.910. The second kappa shape index (κ2) is 8.44. The lowest BCUT2D eigenvalue weighted by atomic mass is 9.88. The number of hydrogen-bond acceptors (Lipinski definition) is 1. The first-order valence-electron chi connectivity index (χ1n) is 24.9. The largest absolute Gasteiger partial charge is 0.456 e. The zero-order valence-electron chi connectivity index (χ0n) is 45.4. The van der Waals surface area contributed by atoms with Gasteiger partial charge in [0.05, 0.1) is 32.9 Å². The molecular formula is C42H24O. The molecule has 0 aromatic heterocycles. The molecule has 0 fully saturated rings. The van der Waals surface area contributed by atoms with Crippen molar-refractivity contribution in [3.63, 3.8) is 0 Å². The molecular weight excluding hydrogens is 520 g/mol. The molecule has 0 unspecified atom stereocenters. The predicted octanol–water partition coefficient (Wildman–Crippen LogP) is 12.0. The number of fused-ring (bicyclic) bond motifs is 3. The SMILES string of the molecule is [2H]c1c([2H])c([2H])c2c(c1[2H])Oc1c([2H])c([2H])c(-c3c([2H])c([2H])c4c([2H])c([2H])c(-c5c([2H])c([2H])c6c([2H])c([2H])c7c([2H])c([2H])c([2H])c8c([2H])c([2H])c5c6c78)c([2H])c4c3[2H])c3c([2H])c([2H])c([2H])c-2c13. The third-order valence-corrected chi connectivity index (χ3v) is 7.45. The fourth-order valence-corrected chi connectivity index (χ4v) is 5.55. The van der Waals surface area contributed by atoms with Crippen molar-refractivity contribution in [1.82, 2.24) is 0 Å². The van der Waals surface area contributed by atoms with Crippen molar-refractivity contribution < 1.29 is 37.6 Å². The molecule has 0 spiro atoms. The average molecular weight is 569 g/mol. The van der Waals surface area contributed by atoms with Gasteiger partial charge in [0.1, 0.15) is 11.5 Å². The second-order valence-electron chi connectivity index (χ2n) is 9.76. The van der Waals surface area contributed by atoms with Gasteiger partial charge in [-0.2, -0.15) is 0 Å². The molecule has 0 saturated carbocycles. The molecule has 0 N–H and O–H groups in total. The van der Waals surface area contributed by atoms with E-state index >= 15 is 0 Å². The minimum absolute atomic E-state index is 0.233. The van der Waals surface area contributed by atoms with Crippen LogP contribution in [0.1, 0.15) is 32.9 Å². The Hall–Kier alpha value is -5.66. The number of rotatable bonds is 2. The van der Waals surface area contributed by atoms with Crippen LogP contribution in [0.4, 0.5) is 0 Å². The summed E-state index contributed by atoms with van der Waals surface area (Å²) >= 11 is 0. The molecule has 43 heavy (non-hydrogen) atoms. The Morgan fingerprint density at radius 3 is 1.77 bits per heavy atom. The van der Waals surface area contributed by atoms with Gasteiger partial charge in [0, 0.05) is 10.9 Å². The Bertz CT molecular complexity index is 3910. The van der Waals surface area contributed by atoms with Crippen molar-refractivity contribution >= 4 is 53.9 Å². The monoisotopic (exact) mass is 568 g/mol. The molecule has 1 heteroatoms. The molecule has 0 aliphatic carbocycles. The van der Waals surface area contributed by atoms with Crippen LogP contribution in [-0.4, -0.2) is 0 Å². The summed E-state index contributed by atoms with van der Waals surface area (Å²) in [5, 5.41) is -4.27. The fourth-order valence-electron chi connectivity index (χ4n) is 5.55. The highest BCUT2D eigenvalue weighted by Gasteiger charge is 2.21. The summed E-state index contributed by atoms with van der Waals surface area (Å²) in [5.41, 5.74) is -3.45. The van der Waals surface area contributed by atoms with E-state index in [4.69, 9.17) is 25.3 Å². The lowest BCUT2D eigenvalue weighted by Gasteiger charge is -2.22. The van der Waals surface area contributed by atoms with Gasteiger partial charge in [-0.25, -0.2) is 0 Å². The highest BCUT2D eigenvalue weighted by Crippen LogP contribution is 2.48. The zero-order chi connectivity index (χ0) is 49.0. The van der Waals surface area contributed by atoms with Gasteiger partial charge in [-0.1, -0.05) is 121 Å². The number of para-hydroxylation sites is 1. The highest BCUT2D eigenvalue weighted by atomic mass is 16.5. The van der Waals surface area contributed by atoms with Crippen LogP contribution >= 0.6 is 0 Å². The molecule has 0 saturated heterocycles. The summed E-state index contributed by atoms with van der Waals surface area (Å²) in [6.07, 6.45) is 0. The molecule has 1 nitrogen and oxygen atoms in total. The van der Waals surface area contributed by atoms with E-state index in [1.807, 2.05) is 0 Å². The maximum atomic E-state index is 9.67. The normalized spacial score (nSPS) is 20.2. The van der Waals surface area contributed by atoms with Crippen molar-refractivity contribution in [3.05, 3.63) is 145 Å². The van der Waals surface area contributed by atoms with E-state index in [1.54, 1.807) is 0 Å². The van der Waals surface area contributed by atoms with Gasteiger partial charge in [0.15, 0.2) is 0 Å². The van der Waals surface area contributed by atoms with Gasteiger partial charge in [0.25, 0.3) is 0 Å². The zero-order valence-corrected chi connectivity index (χ0v) is 21.4. The van der Waals surface area contributed by atoms with Crippen molar-refractivity contribution in [2.75, 3.05) is 0 Å². The van der Waals surface area contributed by atoms with Gasteiger partial charge in [-0.15, -0.1) is 0 Å². The van der Waals surface area contributed by atoms with Crippen molar-refractivity contribution in [2.45, 2.75) is 0 Å². The summed E-state index contributed by atoms with van der Waals surface area (Å²) in [6, 6.07) is -18.9. The van der Waals surface area contributed by atoms with Gasteiger partial charge >= 0.3 is 0 Å². The summed E-state index contributed by atoms with van der Waals surface area (Å²) in [7, 11) is 0. The van der Waals surface area contributed by atoms with E-state index in [9.17, 15) is 12.3 Å². The fraction of sp³-hybridized carbons (Fsp3) is 0. The van der Waals surface area contributed by atoms with Crippen LogP contribution in [-0.2, 0) is 0 Å². The standard InChI is InChI=1S/C42H24O/c1-2-10-38-34(7-1)36-9-4-8-35-33(21-22-39(43-38)42(35)36)30-16-12-25-11-15-29(23-31(25)24-30)32-19-17-28-14-13-26-5-3-6-27-18-20-37(32)41(28)40(26)27/h1-24H/i1D,2D,3D,4D,5D,6D,7D,8D,9D,10D,11D,12D,13D,14D,15D,16D,17D,18D,19D,20D,21D,22D,23D,24D. The van der Waals surface area contributed by atoms with E-state index < -0.39 is 211 Å². The van der Waals surface area contributed by atoms with Crippen LogP contribution in [0.5, 0.6) is 11.5 Å². The molecule has 0 atom stereocenters. The first-order chi connectivity index (χ1) is 31.3. The summed E-state index contributed by atoms with van der Waals surface area (Å²) < 4.78 is 221. The summed E-state index contributed by atoms with van der Waals surface area (Å²) in [5.74, 6) is -1.08. The topological polar surface area (TPSA) is 9.23 Å². The molecule has 1 aliphatic heterocycles. The Morgan fingerprint density at radius 2 is 0.953 bits per heavy atom. The number of ether oxygens (including phenoxy) is 1. The molecule has 0 bridgehead atoms. The maximum absolute atomic E-state index is 9.67. The first kappa shape index (κ1) is 9.97. The van der Waals surface area contributed by atoms with Crippen molar-refractivity contribution in [1.29, 1.82) is 0 Å². The highest BCUT2D eigenvalue weighted by molar-refractivity contribution is 6.25. The Kier molecular flexibility index (Phi) is 1.96. The Labute approximate surface area is 282 Å². The molecule has 1 heterocycles. The number of benzene rings is 9. The van der Waals surface area contributed by atoms with Crippen LogP contribution < -0.4 is 4.74 Å². The van der Waals surface area contributed by atoms with E-state index in [1.165, 1.54) is 0 Å². The van der Waals surface area contributed by atoms with E-state index in [0.717, 1.165) is 0 Å². The first-order valence-corrected chi connectivity index (χ1v) is 12.9. The van der Waals surface area contributed by atoms with Crippen LogP contribution in [0.25, 0.3) is 87.2 Å². The maximum Gasteiger partial charge on any atom is 0.135 e. The quantitative estimate of drug-likeness (QED) is 0.188. The van der Waals surface area contributed by atoms with E-state index in [0.29, 0.717) is 0 Å². The Morgan fingerprint density at radius 1 is 0.349 bits per heavy atom. The number of hydrogen-bond donors (Lipinski definition) is 0. The van der Waals surface area contributed by atoms with Crippen LogP contribution in [0.3, 0.4) is 0 Å². The average Bonchev–Trinajstić information content (AvgIpc) is 3.29. The molecule has 198 valence electrons. The van der Waals surface area contributed by atoms with Gasteiger partial charge in [0.2, 0.25) is 0 Å². The third-order valence-electron chi connectivity index (χ3n) is 7.45. The summed E-state index contributed by atoms with van der Waals surface area (Å²) in [6.45, 7) is 0. The van der Waals surface area contributed by atoms with Gasteiger partial charge < -0.3 is 4.74 Å². The van der Waals surface area contributed by atoms with Crippen LogP contribution in [0.15, 0.2) is 145 Å². The molecule has 1 aliphatic rings. The predicted molar refractivity (Wildman–Crippen MR) is 182 cm³/mol. The second-order valence-corrected chi connectivity index (χ2v) is 9.76. The third kappa shape index (κ3) is 3.22. The van der Waals surface area contributed by atoms with E-state index in [2.05, 4.69) is 0 Å². The Balaban J connectivity index is 1.40. The lowest BCUT2D eigenvalue weighted by Crippen LogP contribution is -1.97. The summed E-state index contributed by atoms with van der Waals surface area (Å²) in [4.78, 5) is 0. The van der Waals surface area contributed by atoms with Crippen LogP contribution in [0, 0.1) is 0 Å². The lowest BCUT2D eigenvalue weighted by molar-refractivity contribution is 0.487. The van der Waals surface area contributed by atoms with Gasteiger partial charge in [-0.3, -0.25) is 0 Å². The molecule has 9 aromatic rings. The van der Waals surface area contributed by atoms with Crippen molar-refractivity contribution in [3.8, 4) is 44.9 Å². The smallest absolute Gasteiger partial charge is 0.135 e. The molecule has 10 rings (SSSR count). The van der Waals surface area contributed by atoms with Gasteiger partial charge in [-0.05, 0) is 100 Å². The molecule has 0 amide bonds. The molecule has 0 radical (unpaired) electrons. The van der Waals surface area contributed by atoms with Crippen LogP contribution in [0.2, 0.25) is 0 Å². The minimum Gasteiger partial charge on any atom is -0.456 e. The molecule has 9 aromatic carbocycles. The van der Waals surface area contributed by atoms with E-state index in [-0.39, 0.29) is 32.5 Å².